The number of nitrogens with one attached hydrogen (secondary N) is 1. The van der Waals surface area contributed by atoms with Crippen molar-refractivity contribution in [1.82, 2.24) is 5.32 Å². The third-order valence-electron chi connectivity index (χ3n) is 3.83. The number of sulfone groups is 1. The maximum atomic E-state index is 12.4. The molecule has 0 heterocycles. The predicted molar refractivity (Wildman–Crippen MR) is 74.5 cm³/mol. The second-order valence-electron chi connectivity index (χ2n) is 5.97. The van der Waals surface area contributed by atoms with Crippen LogP contribution in [0.25, 0.3) is 0 Å². The zero-order chi connectivity index (χ0) is 13.8. The third-order valence-corrected chi connectivity index (χ3v) is 5.99. The van der Waals surface area contributed by atoms with Crippen LogP contribution in [0.5, 0.6) is 0 Å². The van der Waals surface area contributed by atoms with Gasteiger partial charge in [0.25, 0.3) is 0 Å². The van der Waals surface area contributed by atoms with Gasteiger partial charge in [-0.3, -0.25) is 0 Å². The first-order valence-electron chi connectivity index (χ1n) is 6.76. The summed E-state index contributed by atoms with van der Waals surface area (Å²) in [5, 5.41) is 3.07. The molecular weight excluding hydrogens is 250 g/mol. The second kappa shape index (κ2) is 6.35. The molecule has 1 rings (SSSR count). The molecule has 0 spiro atoms. The van der Waals surface area contributed by atoms with E-state index in [1.54, 1.807) is 7.11 Å². The van der Waals surface area contributed by atoms with Crippen molar-refractivity contribution in [2.24, 2.45) is 5.41 Å². The lowest BCUT2D eigenvalue weighted by molar-refractivity contribution is 0.204. The molecular formula is C13H27NO3S. The Balaban J connectivity index is 2.83. The Morgan fingerprint density at radius 3 is 2.61 bits per heavy atom. The average molecular weight is 277 g/mol. The predicted octanol–water partition coefficient (Wildman–Crippen LogP) is 1.60. The molecule has 0 bridgehead atoms. The van der Waals surface area contributed by atoms with Crippen molar-refractivity contribution < 1.29 is 13.2 Å². The van der Waals surface area contributed by atoms with Crippen molar-refractivity contribution in [3.8, 4) is 0 Å². The van der Waals surface area contributed by atoms with Crippen LogP contribution in [0.3, 0.4) is 0 Å². The van der Waals surface area contributed by atoms with Gasteiger partial charge in [-0.1, -0.05) is 20.8 Å². The SMILES string of the molecule is CCNC1CCC(C)(C)CC1S(=O)(=O)CCOC. The van der Waals surface area contributed by atoms with E-state index in [4.69, 9.17) is 4.74 Å². The normalized spacial score (nSPS) is 28.2. The summed E-state index contributed by atoms with van der Waals surface area (Å²) in [4.78, 5) is 0. The van der Waals surface area contributed by atoms with E-state index < -0.39 is 9.84 Å². The fraction of sp³-hybridized carbons (Fsp3) is 1.00. The zero-order valence-corrected chi connectivity index (χ0v) is 12.8. The summed E-state index contributed by atoms with van der Waals surface area (Å²) in [7, 11) is -1.53. The van der Waals surface area contributed by atoms with Crippen LogP contribution < -0.4 is 5.32 Å². The van der Waals surface area contributed by atoms with Crippen LogP contribution in [0, 0.1) is 5.41 Å². The smallest absolute Gasteiger partial charge is 0.156 e. The Labute approximate surface area is 111 Å². The molecule has 0 radical (unpaired) electrons. The van der Waals surface area contributed by atoms with Crippen molar-refractivity contribution in [3.63, 3.8) is 0 Å². The van der Waals surface area contributed by atoms with Gasteiger partial charge in [0.2, 0.25) is 0 Å². The molecule has 18 heavy (non-hydrogen) atoms. The summed E-state index contributed by atoms with van der Waals surface area (Å²) in [5.41, 5.74) is 0.122. The summed E-state index contributed by atoms with van der Waals surface area (Å²) in [6.07, 6.45) is 2.77. The lowest BCUT2D eigenvalue weighted by atomic mass is 9.75. The molecule has 1 aliphatic rings. The quantitative estimate of drug-likeness (QED) is 0.801. The highest BCUT2D eigenvalue weighted by Crippen LogP contribution is 2.38. The number of hydrogen-bond donors (Lipinski definition) is 1. The molecule has 5 heteroatoms. The van der Waals surface area contributed by atoms with Crippen LogP contribution in [-0.4, -0.2) is 45.7 Å². The highest BCUT2D eigenvalue weighted by molar-refractivity contribution is 7.92. The second-order valence-corrected chi connectivity index (χ2v) is 8.31. The van der Waals surface area contributed by atoms with E-state index in [-0.39, 0.29) is 29.1 Å². The minimum atomic E-state index is -3.08. The fourth-order valence-corrected chi connectivity index (χ4v) is 4.88. The zero-order valence-electron chi connectivity index (χ0n) is 12.0. The molecule has 1 N–H and O–H groups in total. The maximum absolute atomic E-state index is 12.4. The molecule has 1 aliphatic carbocycles. The van der Waals surface area contributed by atoms with Gasteiger partial charge < -0.3 is 10.1 Å². The highest BCUT2D eigenvalue weighted by atomic mass is 32.2. The molecule has 0 aromatic heterocycles. The first-order chi connectivity index (χ1) is 8.32. The molecule has 0 aliphatic heterocycles. The number of methoxy groups -OCH3 is 1. The molecule has 108 valence electrons. The Bertz CT molecular complexity index is 351. The van der Waals surface area contributed by atoms with E-state index in [0.29, 0.717) is 0 Å². The molecule has 0 aromatic rings. The summed E-state index contributed by atoms with van der Waals surface area (Å²) < 4.78 is 29.7. The van der Waals surface area contributed by atoms with E-state index in [0.717, 1.165) is 25.8 Å². The lowest BCUT2D eigenvalue weighted by Crippen LogP contribution is -2.50. The van der Waals surface area contributed by atoms with Crippen molar-refractivity contribution in [1.29, 1.82) is 0 Å². The van der Waals surface area contributed by atoms with Gasteiger partial charge in [-0.05, 0) is 31.2 Å². The monoisotopic (exact) mass is 277 g/mol. The van der Waals surface area contributed by atoms with Gasteiger partial charge in [-0.15, -0.1) is 0 Å². The third kappa shape index (κ3) is 4.21. The summed E-state index contributed by atoms with van der Waals surface area (Å²) in [6.45, 7) is 7.46. The van der Waals surface area contributed by atoms with Gasteiger partial charge in [-0.25, -0.2) is 8.42 Å². The van der Waals surface area contributed by atoms with Crippen LogP contribution in [0.4, 0.5) is 0 Å². The van der Waals surface area contributed by atoms with Crippen molar-refractivity contribution in [2.75, 3.05) is 26.0 Å². The standard InChI is InChI=1S/C13H27NO3S/c1-5-14-11-6-7-13(2,3)10-12(11)18(15,16)9-8-17-4/h11-12,14H,5-10H2,1-4H3. The minimum Gasteiger partial charge on any atom is -0.384 e. The average Bonchev–Trinajstić information content (AvgIpc) is 2.29. The summed E-state index contributed by atoms with van der Waals surface area (Å²) in [5.74, 6) is 0.131. The van der Waals surface area contributed by atoms with Gasteiger partial charge in [0.1, 0.15) is 0 Å². The van der Waals surface area contributed by atoms with E-state index in [1.807, 2.05) is 6.92 Å². The van der Waals surface area contributed by atoms with Gasteiger partial charge in [-0.2, -0.15) is 0 Å². The van der Waals surface area contributed by atoms with E-state index in [1.165, 1.54) is 0 Å². The lowest BCUT2D eigenvalue weighted by Gasteiger charge is -2.40. The first kappa shape index (κ1) is 15.9. The summed E-state index contributed by atoms with van der Waals surface area (Å²) in [6, 6.07) is 0.102. The highest BCUT2D eigenvalue weighted by Gasteiger charge is 2.41. The van der Waals surface area contributed by atoms with Gasteiger partial charge in [0.05, 0.1) is 17.6 Å². The van der Waals surface area contributed by atoms with E-state index >= 15 is 0 Å². The molecule has 2 unspecified atom stereocenters. The fourth-order valence-electron chi connectivity index (χ4n) is 2.74. The molecule has 0 saturated heterocycles. The molecule has 1 saturated carbocycles. The first-order valence-corrected chi connectivity index (χ1v) is 8.48. The largest absolute Gasteiger partial charge is 0.384 e. The topological polar surface area (TPSA) is 55.4 Å². The number of rotatable bonds is 6. The van der Waals surface area contributed by atoms with E-state index in [9.17, 15) is 8.42 Å². The van der Waals surface area contributed by atoms with Crippen LogP contribution in [0.1, 0.15) is 40.0 Å². The van der Waals surface area contributed by atoms with Crippen LogP contribution in [-0.2, 0) is 14.6 Å². The molecule has 4 nitrogen and oxygen atoms in total. The van der Waals surface area contributed by atoms with Gasteiger partial charge in [0.15, 0.2) is 9.84 Å². The number of hydrogen-bond acceptors (Lipinski definition) is 4. The molecule has 1 fully saturated rings. The Hall–Kier alpha value is -0.130. The van der Waals surface area contributed by atoms with Gasteiger partial charge in [0, 0.05) is 13.2 Å². The van der Waals surface area contributed by atoms with Crippen molar-refractivity contribution in [3.05, 3.63) is 0 Å². The Morgan fingerprint density at radius 2 is 2.06 bits per heavy atom. The van der Waals surface area contributed by atoms with Crippen LogP contribution in [0.2, 0.25) is 0 Å². The molecule has 2 atom stereocenters. The van der Waals surface area contributed by atoms with Crippen molar-refractivity contribution >= 4 is 9.84 Å². The minimum absolute atomic E-state index is 0.102. The maximum Gasteiger partial charge on any atom is 0.156 e. The Morgan fingerprint density at radius 1 is 1.39 bits per heavy atom. The molecule has 0 aromatic carbocycles. The molecule has 0 amide bonds. The number of ether oxygens (including phenoxy) is 1. The Kier molecular flexibility index (Phi) is 5.62. The van der Waals surface area contributed by atoms with Crippen LogP contribution in [0.15, 0.2) is 0 Å². The summed E-state index contributed by atoms with van der Waals surface area (Å²) >= 11 is 0. The van der Waals surface area contributed by atoms with Crippen molar-refractivity contribution in [2.45, 2.75) is 51.3 Å². The van der Waals surface area contributed by atoms with Gasteiger partial charge >= 0.3 is 0 Å². The van der Waals surface area contributed by atoms with E-state index in [2.05, 4.69) is 19.2 Å². The van der Waals surface area contributed by atoms with Crippen LogP contribution >= 0.6 is 0 Å².